The predicted octanol–water partition coefficient (Wildman–Crippen LogP) is 8.12. The van der Waals surface area contributed by atoms with E-state index in [0.717, 1.165) is 17.6 Å². The van der Waals surface area contributed by atoms with Crippen LogP contribution in [0.4, 0.5) is 0 Å². The second-order valence-corrected chi connectivity index (χ2v) is 8.29. The summed E-state index contributed by atoms with van der Waals surface area (Å²) in [5.41, 5.74) is 6.34. The standard InChI is InChI=1S/C27H38/c1-10-15-17-27(9)20-21(6)25(26(27,7)8)19-24(14-5)23(13-4)18-22(12-3)16-11-2/h12-14,18-19H,4,6,10,15,17,20H2,1-3,5,7-9H3/b22-12-,23-18+,24-14+,25-19+/t27-/m1/s1. The Bertz CT molecular complexity index is 750. The quantitative estimate of drug-likeness (QED) is 0.317. The van der Waals surface area contributed by atoms with Gasteiger partial charge < -0.3 is 0 Å². The first-order chi connectivity index (χ1) is 12.7. The molecule has 0 bridgehead atoms. The Kier molecular flexibility index (Phi) is 8.36. The van der Waals surface area contributed by atoms with Crippen LogP contribution in [-0.4, -0.2) is 0 Å². The third kappa shape index (κ3) is 5.04. The van der Waals surface area contributed by atoms with Gasteiger partial charge in [-0.05, 0) is 67.2 Å². The van der Waals surface area contributed by atoms with E-state index in [1.807, 2.05) is 26.0 Å². The van der Waals surface area contributed by atoms with Crippen LogP contribution in [0.15, 0.2) is 71.4 Å². The van der Waals surface area contributed by atoms with Crippen LogP contribution in [0.3, 0.4) is 0 Å². The van der Waals surface area contributed by atoms with Crippen molar-refractivity contribution in [2.45, 2.75) is 74.1 Å². The zero-order valence-electron chi connectivity index (χ0n) is 18.6. The average molecular weight is 363 g/mol. The molecule has 1 atom stereocenters. The van der Waals surface area contributed by atoms with Crippen LogP contribution < -0.4 is 0 Å². The Morgan fingerprint density at radius 2 is 1.81 bits per heavy atom. The lowest BCUT2D eigenvalue weighted by Crippen LogP contribution is -2.30. The molecule has 0 aromatic carbocycles. The van der Waals surface area contributed by atoms with Crippen LogP contribution in [0.5, 0.6) is 0 Å². The fraction of sp³-hybridized carbons (Fsp3) is 0.481. The van der Waals surface area contributed by atoms with Crippen molar-refractivity contribution < 1.29 is 0 Å². The highest BCUT2D eigenvalue weighted by Gasteiger charge is 2.49. The van der Waals surface area contributed by atoms with E-state index in [1.54, 1.807) is 0 Å². The van der Waals surface area contributed by atoms with Crippen LogP contribution in [0.25, 0.3) is 0 Å². The molecule has 146 valence electrons. The van der Waals surface area contributed by atoms with Crippen LogP contribution >= 0.6 is 0 Å². The zero-order chi connectivity index (χ0) is 20.7. The molecule has 1 saturated carbocycles. The van der Waals surface area contributed by atoms with Crippen molar-refractivity contribution in [3.8, 4) is 11.8 Å². The Labute approximate surface area is 168 Å². The molecule has 0 heteroatoms. The number of unbranched alkanes of at least 4 members (excludes halogenated alkanes) is 1. The molecule has 1 aliphatic carbocycles. The highest BCUT2D eigenvalue weighted by molar-refractivity contribution is 5.56. The maximum atomic E-state index is 4.44. The van der Waals surface area contributed by atoms with E-state index in [1.165, 1.54) is 36.0 Å². The highest BCUT2D eigenvalue weighted by Crippen LogP contribution is 2.60. The summed E-state index contributed by atoms with van der Waals surface area (Å²) in [7, 11) is 0. The van der Waals surface area contributed by atoms with Gasteiger partial charge >= 0.3 is 0 Å². The molecular formula is C27H38. The lowest BCUT2D eigenvalue weighted by Gasteiger charge is -2.39. The third-order valence-electron chi connectivity index (χ3n) is 6.30. The average Bonchev–Trinajstić information content (AvgIpc) is 2.80. The molecule has 0 aromatic rings. The van der Waals surface area contributed by atoms with Crippen molar-refractivity contribution >= 4 is 0 Å². The second-order valence-electron chi connectivity index (χ2n) is 8.29. The summed E-state index contributed by atoms with van der Waals surface area (Å²) in [4.78, 5) is 0. The van der Waals surface area contributed by atoms with E-state index >= 15 is 0 Å². The minimum atomic E-state index is 0.104. The van der Waals surface area contributed by atoms with Crippen LogP contribution in [0.1, 0.15) is 74.1 Å². The van der Waals surface area contributed by atoms with Gasteiger partial charge in [0.15, 0.2) is 0 Å². The van der Waals surface area contributed by atoms with E-state index in [4.69, 9.17) is 0 Å². The Morgan fingerprint density at radius 3 is 2.30 bits per heavy atom. The fourth-order valence-corrected chi connectivity index (χ4v) is 4.06. The summed E-state index contributed by atoms with van der Waals surface area (Å²) in [6.45, 7) is 23.9. The molecule has 0 aromatic heterocycles. The smallest absolute Gasteiger partial charge is 0.0208 e. The van der Waals surface area contributed by atoms with Crippen molar-refractivity contribution in [3.63, 3.8) is 0 Å². The normalized spacial score (nSPS) is 24.8. The maximum absolute atomic E-state index is 4.44. The monoisotopic (exact) mass is 362 g/mol. The summed E-state index contributed by atoms with van der Waals surface area (Å²) < 4.78 is 0. The van der Waals surface area contributed by atoms with E-state index in [0.29, 0.717) is 0 Å². The van der Waals surface area contributed by atoms with Crippen LogP contribution in [0, 0.1) is 22.7 Å². The van der Waals surface area contributed by atoms with E-state index in [9.17, 15) is 0 Å². The molecule has 27 heavy (non-hydrogen) atoms. The molecule has 0 spiro atoms. The SMILES string of the molecule is C=CC(=C\C(C#CC)=C/C)/C(=C/C)/C=C1\C(=C)C[C@@](C)(CCCC)C1(C)C. The van der Waals surface area contributed by atoms with Gasteiger partial charge in [-0.2, -0.15) is 0 Å². The van der Waals surface area contributed by atoms with E-state index < -0.39 is 0 Å². The van der Waals surface area contributed by atoms with Crippen molar-refractivity contribution in [1.29, 1.82) is 0 Å². The van der Waals surface area contributed by atoms with E-state index in [2.05, 4.69) is 77.8 Å². The van der Waals surface area contributed by atoms with Crippen molar-refractivity contribution in [2.75, 3.05) is 0 Å². The van der Waals surface area contributed by atoms with Gasteiger partial charge in [0.05, 0.1) is 0 Å². The van der Waals surface area contributed by atoms with Gasteiger partial charge in [-0.3, -0.25) is 0 Å². The van der Waals surface area contributed by atoms with Gasteiger partial charge in [0.25, 0.3) is 0 Å². The number of hydrogen-bond donors (Lipinski definition) is 0. The molecule has 0 amide bonds. The first-order valence-corrected chi connectivity index (χ1v) is 10.2. The highest BCUT2D eigenvalue weighted by atomic mass is 14.5. The molecule has 0 radical (unpaired) electrons. The molecule has 1 aliphatic rings. The van der Waals surface area contributed by atoms with Gasteiger partial charge in [-0.1, -0.05) is 89.5 Å². The molecule has 0 heterocycles. The molecule has 0 saturated heterocycles. The first-order valence-electron chi connectivity index (χ1n) is 10.2. The molecule has 0 aliphatic heterocycles. The summed E-state index contributed by atoms with van der Waals surface area (Å²) >= 11 is 0. The van der Waals surface area contributed by atoms with Gasteiger partial charge in [0.2, 0.25) is 0 Å². The largest absolute Gasteiger partial charge is 0.101 e. The topological polar surface area (TPSA) is 0 Å². The van der Waals surface area contributed by atoms with Gasteiger partial charge in [-0.15, -0.1) is 5.92 Å². The second kappa shape index (κ2) is 9.80. The maximum Gasteiger partial charge on any atom is 0.0208 e. The Hall–Kier alpha value is -2.00. The Morgan fingerprint density at radius 1 is 1.15 bits per heavy atom. The van der Waals surface area contributed by atoms with Gasteiger partial charge in [0.1, 0.15) is 0 Å². The minimum absolute atomic E-state index is 0.104. The third-order valence-corrected chi connectivity index (χ3v) is 6.30. The molecule has 0 N–H and O–H groups in total. The molecule has 0 unspecified atom stereocenters. The zero-order valence-corrected chi connectivity index (χ0v) is 18.6. The predicted molar refractivity (Wildman–Crippen MR) is 122 cm³/mol. The Balaban J connectivity index is 3.39. The summed E-state index contributed by atoms with van der Waals surface area (Å²) in [5, 5.41) is 0. The fourth-order valence-electron chi connectivity index (χ4n) is 4.06. The molecule has 1 rings (SSSR count). The number of allylic oxidation sites excluding steroid dienone is 10. The summed E-state index contributed by atoms with van der Waals surface area (Å²) in [5.74, 6) is 6.13. The summed E-state index contributed by atoms with van der Waals surface area (Å²) in [6, 6.07) is 0. The number of rotatable bonds is 7. The van der Waals surface area contributed by atoms with Gasteiger partial charge in [-0.25, -0.2) is 0 Å². The minimum Gasteiger partial charge on any atom is -0.101 e. The lowest BCUT2D eigenvalue weighted by molar-refractivity contribution is 0.144. The van der Waals surface area contributed by atoms with Gasteiger partial charge in [0, 0.05) is 5.57 Å². The molecule has 1 fully saturated rings. The lowest BCUT2D eigenvalue weighted by atomic mass is 9.65. The van der Waals surface area contributed by atoms with Crippen molar-refractivity contribution in [2.24, 2.45) is 10.8 Å². The van der Waals surface area contributed by atoms with E-state index in [-0.39, 0.29) is 10.8 Å². The first kappa shape index (κ1) is 23.0. The molecule has 0 nitrogen and oxygen atoms in total. The summed E-state index contributed by atoms with van der Waals surface area (Å²) in [6.07, 6.45) is 15.4. The number of hydrogen-bond acceptors (Lipinski definition) is 0. The van der Waals surface area contributed by atoms with Crippen LogP contribution in [-0.2, 0) is 0 Å². The van der Waals surface area contributed by atoms with Crippen LogP contribution in [0.2, 0.25) is 0 Å². The van der Waals surface area contributed by atoms with Crippen molar-refractivity contribution in [3.05, 3.63) is 71.4 Å². The molecular weight excluding hydrogens is 324 g/mol. The van der Waals surface area contributed by atoms with Crippen molar-refractivity contribution in [1.82, 2.24) is 0 Å².